The van der Waals surface area contributed by atoms with Crippen LogP contribution in [-0.4, -0.2) is 20.7 Å². The second kappa shape index (κ2) is 8.54. The number of benzene rings is 4. The lowest BCUT2D eigenvalue weighted by atomic mass is 10.0. The van der Waals surface area contributed by atoms with Crippen molar-refractivity contribution < 1.29 is 4.79 Å². The number of amides is 1. The number of carbonyl (C=O) groups excluding carboxylic acids is 1. The van der Waals surface area contributed by atoms with E-state index in [4.69, 9.17) is 4.98 Å². The molecule has 0 atom stereocenters. The maximum Gasteiger partial charge on any atom is 0.256 e. The highest BCUT2D eigenvalue weighted by atomic mass is 16.1. The fourth-order valence-corrected chi connectivity index (χ4v) is 4.28. The van der Waals surface area contributed by atoms with Gasteiger partial charge in [0.2, 0.25) is 0 Å². The fraction of sp³-hybridized carbons (Fsp3) is 0.0333. The number of anilines is 1. The van der Waals surface area contributed by atoms with E-state index >= 15 is 0 Å². The van der Waals surface area contributed by atoms with Crippen molar-refractivity contribution in [2.24, 2.45) is 0 Å². The van der Waals surface area contributed by atoms with Crippen LogP contribution in [-0.2, 0) is 0 Å². The normalized spacial score (nSPS) is 11.1. The van der Waals surface area contributed by atoms with Gasteiger partial charge >= 0.3 is 0 Å². The van der Waals surface area contributed by atoms with Gasteiger partial charge in [-0.25, -0.2) is 9.67 Å². The first kappa shape index (κ1) is 20.8. The summed E-state index contributed by atoms with van der Waals surface area (Å²) in [7, 11) is 0. The summed E-state index contributed by atoms with van der Waals surface area (Å²) in [6.07, 6.45) is 1.71. The molecule has 2 aromatic heterocycles. The lowest BCUT2D eigenvalue weighted by molar-refractivity contribution is 0.102. The molecule has 1 amide bonds. The minimum absolute atomic E-state index is 0.200. The van der Waals surface area contributed by atoms with E-state index in [1.165, 1.54) is 0 Å². The van der Waals surface area contributed by atoms with Gasteiger partial charge < -0.3 is 5.32 Å². The molecule has 6 rings (SSSR count). The second-order valence-corrected chi connectivity index (χ2v) is 8.57. The SMILES string of the molecule is Cc1ccc(-n2ncc3c(C(=O)Nc4ccccc4)cc(-c4ccc5ccccc5c4)nc32)cc1. The van der Waals surface area contributed by atoms with Crippen LogP contribution in [0.15, 0.2) is 109 Å². The van der Waals surface area contributed by atoms with Crippen molar-refractivity contribution in [1.82, 2.24) is 14.8 Å². The highest BCUT2D eigenvalue weighted by Gasteiger charge is 2.19. The maximum absolute atomic E-state index is 13.4. The topological polar surface area (TPSA) is 59.8 Å². The number of carbonyl (C=O) groups is 1. The van der Waals surface area contributed by atoms with Gasteiger partial charge in [0.1, 0.15) is 0 Å². The minimum atomic E-state index is -0.200. The molecule has 168 valence electrons. The van der Waals surface area contributed by atoms with Gasteiger partial charge in [0.05, 0.1) is 28.5 Å². The summed E-state index contributed by atoms with van der Waals surface area (Å²) in [6.45, 7) is 2.05. The fourth-order valence-electron chi connectivity index (χ4n) is 4.28. The molecule has 6 aromatic rings. The van der Waals surface area contributed by atoms with Gasteiger partial charge in [-0.3, -0.25) is 4.79 Å². The summed E-state index contributed by atoms with van der Waals surface area (Å²) in [5.74, 6) is -0.200. The molecule has 35 heavy (non-hydrogen) atoms. The van der Waals surface area contributed by atoms with E-state index in [9.17, 15) is 4.79 Å². The third-order valence-electron chi connectivity index (χ3n) is 6.14. The number of rotatable bonds is 4. The summed E-state index contributed by atoms with van der Waals surface area (Å²) in [4.78, 5) is 18.4. The summed E-state index contributed by atoms with van der Waals surface area (Å²) in [5.41, 5.74) is 5.62. The molecule has 0 radical (unpaired) electrons. The molecule has 5 nitrogen and oxygen atoms in total. The molecule has 0 saturated carbocycles. The number of pyridine rings is 1. The molecule has 0 bridgehead atoms. The van der Waals surface area contributed by atoms with Crippen LogP contribution in [0.4, 0.5) is 5.69 Å². The van der Waals surface area contributed by atoms with Crippen LogP contribution in [0.3, 0.4) is 0 Å². The Morgan fingerprint density at radius 2 is 1.54 bits per heavy atom. The molecular weight excluding hydrogens is 432 g/mol. The lowest BCUT2D eigenvalue weighted by Gasteiger charge is -2.11. The molecule has 1 N–H and O–H groups in total. The number of nitrogens with zero attached hydrogens (tertiary/aromatic N) is 3. The third kappa shape index (κ3) is 3.93. The largest absolute Gasteiger partial charge is 0.322 e. The van der Waals surface area contributed by atoms with Crippen LogP contribution in [0.2, 0.25) is 0 Å². The van der Waals surface area contributed by atoms with Gasteiger partial charge in [0.25, 0.3) is 5.91 Å². The van der Waals surface area contributed by atoms with Crippen LogP contribution in [0.25, 0.3) is 38.8 Å². The minimum Gasteiger partial charge on any atom is -0.322 e. The molecule has 2 heterocycles. The number of aromatic nitrogens is 3. The Bertz CT molecular complexity index is 1690. The zero-order valence-electron chi connectivity index (χ0n) is 19.1. The van der Waals surface area contributed by atoms with Gasteiger partial charge in [-0.1, -0.05) is 72.3 Å². The van der Waals surface area contributed by atoms with Gasteiger partial charge in [-0.2, -0.15) is 5.10 Å². The van der Waals surface area contributed by atoms with Crippen molar-refractivity contribution in [3.63, 3.8) is 0 Å². The molecule has 0 fully saturated rings. The lowest BCUT2D eigenvalue weighted by Crippen LogP contribution is -2.13. The van der Waals surface area contributed by atoms with E-state index < -0.39 is 0 Å². The number of para-hydroxylation sites is 1. The quantitative estimate of drug-likeness (QED) is 0.319. The average Bonchev–Trinajstić information content (AvgIpc) is 3.33. The number of aryl methyl sites for hydroxylation is 1. The van der Waals surface area contributed by atoms with E-state index in [1.54, 1.807) is 10.9 Å². The Morgan fingerprint density at radius 1 is 0.800 bits per heavy atom. The van der Waals surface area contributed by atoms with E-state index in [0.29, 0.717) is 16.6 Å². The molecule has 0 spiro atoms. The number of nitrogens with one attached hydrogen (secondary N) is 1. The zero-order chi connectivity index (χ0) is 23.8. The number of hydrogen-bond donors (Lipinski definition) is 1. The highest BCUT2D eigenvalue weighted by Crippen LogP contribution is 2.29. The van der Waals surface area contributed by atoms with Gasteiger partial charge in [-0.15, -0.1) is 0 Å². The summed E-state index contributed by atoms with van der Waals surface area (Å²) >= 11 is 0. The Hall–Kier alpha value is -4.77. The van der Waals surface area contributed by atoms with Gasteiger partial charge in [0, 0.05) is 11.3 Å². The van der Waals surface area contributed by atoms with E-state index in [1.807, 2.05) is 85.8 Å². The number of hydrogen-bond acceptors (Lipinski definition) is 3. The maximum atomic E-state index is 13.4. The molecule has 5 heteroatoms. The van der Waals surface area contributed by atoms with Crippen molar-refractivity contribution in [1.29, 1.82) is 0 Å². The van der Waals surface area contributed by atoms with Crippen LogP contribution in [0, 0.1) is 6.92 Å². The molecule has 0 aliphatic carbocycles. The van der Waals surface area contributed by atoms with Gasteiger partial charge in [-0.05, 0) is 54.1 Å². The van der Waals surface area contributed by atoms with Crippen LogP contribution in [0.5, 0.6) is 0 Å². The summed E-state index contributed by atoms with van der Waals surface area (Å²) in [5, 5.41) is 10.6. The molecule has 4 aromatic carbocycles. The predicted octanol–water partition coefficient (Wildman–Crippen LogP) is 6.80. The molecular formula is C30H22N4O. The first-order valence-corrected chi connectivity index (χ1v) is 11.5. The van der Waals surface area contributed by atoms with Crippen molar-refractivity contribution >= 4 is 33.4 Å². The highest BCUT2D eigenvalue weighted by molar-refractivity contribution is 6.12. The van der Waals surface area contributed by atoms with Crippen molar-refractivity contribution in [3.8, 4) is 16.9 Å². The van der Waals surface area contributed by atoms with E-state index in [0.717, 1.165) is 39.0 Å². The van der Waals surface area contributed by atoms with Crippen LogP contribution in [0.1, 0.15) is 15.9 Å². The third-order valence-corrected chi connectivity index (χ3v) is 6.14. The Balaban J connectivity index is 1.54. The standard InChI is InChI=1S/C30H22N4O/c1-20-11-15-25(16-12-20)34-29-27(19-31-34)26(30(35)32-24-9-3-2-4-10-24)18-28(33-29)23-14-13-21-7-5-6-8-22(21)17-23/h2-19H,1H3,(H,32,35). The van der Waals surface area contributed by atoms with Crippen molar-refractivity contribution in [2.75, 3.05) is 5.32 Å². The molecule has 0 unspecified atom stereocenters. The first-order valence-electron chi connectivity index (χ1n) is 11.5. The van der Waals surface area contributed by atoms with Crippen LogP contribution >= 0.6 is 0 Å². The summed E-state index contributed by atoms with van der Waals surface area (Å²) < 4.78 is 1.79. The Morgan fingerprint density at radius 3 is 2.34 bits per heavy atom. The van der Waals surface area contributed by atoms with E-state index in [2.05, 4.69) is 34.7 Å². The first-order chi connectivity index (χ1) is 17.2. The smallest absolute Gasteiger partial charge is 0.256 e. The Kier molecular flexibility index (Phi) is 5.08. The van der Waals surface area contributed by atoms with Gasteiger partial charge in [0.15, 0.2) is 5.65 Å². The summed E-state index contributed by atoms with van der Waals surface area (Å²) in [6, 6.07) is 33.9. The van der Waals surface area contributed by atoms with E-state index in [-0.39, 0.29) is 5.91 Å². The van der Waals surface area contributed by atoms with Crippen LogP contribution < -0.4 is 5.32 Å². The van der Waals surface area contributed by atoms with Crippen molar-refractivity contribution in [2.45, 2.75) is 6.92 Å². The predicted molar refractivity (Wildman–Crippen MR) is 141 cm³/mol. The average molecular weight is 455 g/mol. The molecule has 0 saturated heterocycles. The molecule has 0 aliphatic heterocycles. The molecule has 0 aliphatic rings. The monoisotopic (exact) mass is 454 g/mol. The Labute approximate surface area is 202 Å². The second-order valence-electron chi connectivity index (χ2n) is 8.57. The zero-order valence-corrected chi connectivity index (χ0v) is 19.1. The number of fused-ring (bicyclic) bond motifs is 2. The van der Waals surface area contributed by atoms with Crippen molar-refractivity contribution in [3.05, 3.63) is 120 Å².